The van der Waals surface area contributed by atoms with Crippen LogP contribution >= 0.6 is 0 Å². The molecule has 0 spiro atoms. The third-order valence-corrected chi connectivity index (χ3v) is 9.28. The molecule has 1 saturated heterocycles. The van der Waals surface area contributed by atoms with Crippen molar-refractivity contribution >= 4 is 44.6 Å². The van der Waals surface area contributed by atoms with Crippen LogP contribution in [0.5, 0.6) is 0 Å². The summed E-state index contributed by atoms with van der Waals surface area (Å²) in [6.07, 6.45) is 1.17. The standard InChI is InChI=1S/C33H33N5O4S/c1-36-15-17-38(18-16-36)33(40)25-8-6-7-22(19-25)23-12-14-28-30(20-23)35-32(39)27-13-11-24(21-29(27)34-28)26-9-4-5-10-31(26)37(2)43(3,41)42/h4-14,19-21,34H,15-18H2,1-3H3,(H,35,39). The van der Waals surface area contributed by atoms with Crippen LogP contribution in [0.15, 0.2) is 84.9 Å². The Morgan fingerprint density at radius 1 is 0.744 bits per heavy atom. The van der Waals surface area contributed by atoms with Crippen LogP contribution in [-0.2, 0) is 10.0 Å². The number of sulfonamides is 1. The number of fused-ring (bicyclic) bond motifs is 2. The number of likely N-dealkylation sites (N-methyl/N-ethyl adjacent to an activating group) is 1. The topological polar surface area (TPSA) is 102 Å². The Labute approximate surface area is 251 Å². The number of rotatable bonds is 5. The van der Waals surface area contributed by atoms with Gasteiger partial charge in [0.25, 0.3) is 11.8 Å². The number of carbonyl (C=O) groups excluding carboxylic acids is 2. The van der Waals surface area contributed by atoms with Crippen molar-refractivity contribution < 1.29 is 18.0 Å². The van der Waals surface area contributed by atoms with Crippen molar-refractivity contribution in [3.63, 3.8) is 0 Å². The lowest BCUT2D eigenvalue weighted by Gasteiger charge is -2.32. The molecule has 2 amide bonds. The molecule has 43 heavy (non-hydrogen) atoms. The van der Waals surface area contributed by atoms with Crippen molar-refractivity contribution in [2.45, 2.75) is 0 Å². The van der Waals surface area contributed by atoms with Crippen LogP contribution in [0.25, 0.3) is 22.3 Å². The summed E-state index contributed by atoms with van der Waals surface area (Å²) in [7, 11) is 0.114. The monoisotopic (exact) mass is 595 g/mol. The van der Waals surface area contributed by atoms with E-state index < -0.39 is 10.0 Å². The summed E-state index contributed by atoms with van der Waals surface area (Å²) >= 11 is 0. The lowest BCUT2D eigenvalue weighted by atomic mass is 10.00. The van der Waals surface area contributed by atoms with Crippen molar-refractivity contribution in [3.05, 3.63) is 96.1 Å². The summed E-state index contributed by atoms with van der Waals surface area (Å²) in [6.45, 7) is 3.13. The number of hydrogen-bond acceptors (Lipinski definition) is 6. The second kappa shape index (κ2) is 11.2. The molecule has 220 valence electrons. The normalized spacial score (nSPS) is 15.0. The lowest BCUT2D eigenvalue weighted by molar-refractivity contribution is 0.0664. The zero-order valence-corrected chi connectivity index (χ0v) is 25.1. The first-order valence-electron chi connectivity index (χ1n) is 14.1. The van der Waals surface area contributed by atoms with Crippen LogP contribution < -0.4 is 14.9 Å². The number of piperazine rings is 1. The Kier molecular flexibility index (Phi) is 7.41. The molecule has 1 fully saturated rings. The Morgan fingerprint density at radius 3 is 2.21 bits per heavy atom. The molecule has 0 aromatic heterocycles. The van der Waals surface area contributed by atoms with Crippen LogP contribution in [0, 0.1) is 0 Å². The molecule has 9 nitrogen and oxygen atoms in total. The second-order valence-electron chi connectivity index (χ2n) is 11.0. The number of carbonyl (C=O) groups is 2. The zero-order valence-electron chi connectivity index (χ0n) is 24.3. The van der Waals surface area contributed by atoms with E-state index >= 15 is 0 Å². The molecule has 0 aliphatic carbocycles. The summed E-state index contributed by atoms with van der Waals surface area (Å²) in [5, 5.41) is 6.42. The summed E-state index contributed by atoms with van der Waals surface area (Å²) in [5.74, 6) is -0.235. The van der Waals surface area contributed by atoms with Crippen LogP contribution in [-0.4, -0.2) is 76.6 Å². The van der Waals surface area contributed by atoms with Gasteiger partial charge in [-0.05, 0) is 66.2 Å². The van der Waals surface area contributed by atoms with Crippen LogP contribution in [0.4, 0.5) is 22.7 Å². The molecular formula is C33H33N5O4S. The lowest BCUT2D eigenvalue weighted by Crippen LogP contribution is -2.47. The number of amides is 2. The van der Waals surface area contributed by atoms with Crippen molar-refractivity contribution in [1.29, 1.82) is 0 Å². The Bertz CT molecular complexity index is 1850. The van der Waals surface area contributed by atoms with E-state index in [1.807, 2.05) is 71.6 Å². The summed E-state index contributed by atoms with van der Waals surface area (Å²) in [4.78, 5) is 30.6. The van der Waals surface area contributed by atoms with E-state index in [1.54, 1.807) is 18.2 Å². The maximum absolute atomic E-state index is 13.3. The molecule has 2 heterocycles. The first kappa shape index (κ1) is 28.4. The molecule has 0 unspecified atom stereocenters. The molecule has 2 N–H and O–H groups in total. The third kappa shape index (κ3) is 5.71. The van der Waals surface area contributed by atoms with E-state index in [0.717, 1.165) is 41.0 Å². The third-order valence-electron chi connectivity index (χ3n) is 8.09. The molecular weight excluding hydrogens is 562 g/mol. The average Bonchev–Trinajstić information content (AvgIpc) is 3.15. The fraction of sp³-hybridized carbons (Fsp3) is 0.212. The molecule has 10 heteroatoms. The molecule has 0 bridgehead atoms. The number of nitrogens with zero attached hydrogens (tertiary/aromatic N) is 3. The number of hydrogen-bond donors (Lipinski definition) is 2. The van der Waals surface area contributed by atoms with Gasteiger partial charge in [0.2, 0.25) is 10.0 Å². The maximum atomic E-state index is 13.3. The van der Waals surface area contributed by atoms with E-state index in [0.29, 0.717) is 41.3 Å². The predicted molar refractivity (Wildman–Crippen MR) is 172 cm³/mol. The van der Waals surface area contributed by atoms with Crippen molar-refractivity contribution in [1.82, 2.24) is 9.80 Å². The minimum atomic E-state index is -3.47. The number of nitrogens with one attached hydrogen (secondary N) is 2. The molecule has 6 rings (SSSR count). The average molecular weight is 596 g/mol. The predicted octanol–water partition coefficient (Wildman–Crippen LogP) is 5.11. The first-order valence-corrected chi connectivity index (χ1v) is 15.9. The maximum Gasteiger partial charge on any atom is 0.257 e. The zero-order chi connectivity index (χ0) is 30.3. The van der Waals surface area contributed by atoms with Gasteiger partial charge in [0.1, 0.15) is 0 Å². The molecule has 2 aliphatic heterocycles. The van der Waals surface area contributed by atoms with Crippen LogP contribution in [0.2, 0.25) is 0 Å². The van der Waals surface area contributed by atoms with E-state index in [2.05, 4.69) is 22.6 Å². The smallest absolute Gasteiger partial charge is 0.257 e. The highest BCUT2D eigenvalue weighted by molar-refractivity contribution is 7.92. The van der Waals surface area contributed by atoms with Crippen LogP contribution in [0.1, 0.15) is 20.7 Å². The summed E-state index contributed by atoms with van der Waals surface area (Å²) in [5.41, 5.74) is 6.85. The van der Waals surface area contributed by atoms with Crippen molar-refractivity contribution in [2.75, 3.05) is 61.5 Å². The van der Waals surface area contributed by atoms with Crippen LogP contribution in [0.3, 0.4) is 0 Å². The van der Waals surface area contributed by atoms with Gasteiger partial charge in [-0.25, -0.2) is 8.42 Å². The number of benzene rings is 4. The summed E-state index contributed by atoms with van der Waals surface area (Å²) in [6, 6.07) is 26.1. The number of para-hydroxylation sites is 1. The van der Waals surface area contributed by atoms with Crippen molar-refractivity contribution in [3.8, 4) is 22.3 Å². The Morgan fingerprint density at radius 2 is 1.44 bits per heavy atom. The van der Waals surface area contributed by atoms with Crippen molar-refractivity contribution in [2.24, 2.45) is 0 Å². The van der Waals surface area contributed by atoms with Gasteiger partial charge in [-0.1, -0.05) is 42.5 Å². The van der Waals surface area contributed by atoms with Gasteiger partial charge in [-0.15, -0.1) is 0 Å². The van der Waals surface area contributed by atoms with Gasteiger partial charge in [-0.2, -0.15) is 0 Å². The molecule has 0 saturated carbocycles. The van der Waals surface area contributed by atoms with Gasteiger partial charge in [-0.3, -0.25) is 13.9 Å². The van der Waals surface area contributed by atoms with E-state index in [-0.39, 0.29) is 11.8 Å². The van der Waals surface area contributed by atoms with Gasteiger partial charge < -0.3 is 20.4 Å². The van der Waals surface area contributed by atoms with Gasteiger partial charge in [0, 0.05) is 44.4 Å². The molecule has 4 aromatic rings. The van der Waals surface area contributed by atoms with Gasteiger partial charge in [0.15, 0.2) is 0 Å². The SMILES string of the molecule is CN1CCN(C(=O)c2cccc(-c3ccc4c(c3)NC(=O)c3ccc(-c5ccccc5N(C)S(C)(=O)=O)cc3N4)c2)CC1. The largest absolute Gasteiger partial charge is 0.353 e. The highest BCUT2D eigenvalue weighted by atomic mass is 32.2. The first-order chi connectivity index (χ1) is 20.6. The van der Waals surface area contributed by atoms with E-state index in [1.165, 1.54) is 17.6 Å². The number of anilines is 4. The second-order valence-corrected chi connectivity index (χ2v) is 13.0. The van der Waals surface area contributed by atoms with Gasteiger partial charge >= 0.3 is 0 Å². The molecule has 0 radical (unpaired) electrons. The van der Waals surface area contributed by atoms with E-state index in [4.69, 9.17) is 0 Å². The van der Waals surface area contributed by atoms with E-state index in [9.17, 15) is 18.0 Å². The minimum absolute atomic E-state index is 0.0234. The quantitative estimate of drug-likeness (QED) is 0.333. The Balaban J connectivity index is 1.30. The molecule has 4 aromatic carbocycles. The van der Waals surface area contributed by atoms with Gasteiger partial charge in [0.05, 0.1) is 34.6 Å². The summed E-state index contributed by atoms with van der Waals surface area (Å²) < 4.78 is 25.8. The minimum Gasteiger partial charge on any atom is -0.353 e. The molecule has 0 atom stereocenters. The highest BCUT2D eigenvalue weighted by Crippen LogP contribution is 2.39. The highest BCUT2D eigenvalue weighted by Gasteiger charge is 2.23. The molecule has 2 aliphatic rings. The fourth-order valence-electron chi connectivity index (χ4n) is 5.48. The Hall–Kier alpha value is -4.67. The fourth-order valence-corrected chi connectivity index (χ4v) is 6.00.